The summed E-state index contributed by atoms with van der Waals surface area (Å²) in [4.78, 5) is 29.2. The SMILES string of the molecule is Cc1ccc(-c2c([C@H](OC(C)(C)C)C(=O)O)c(C)c3c4c2cc(C)n4CCN3c2ncc(Oc3ccc4ccccc4n3)cn2)cc1. The van der Waals surface area contributed by atoms with E-state index in [4.69, 9.17) is 19.4 Å². The molecule has 1 aliphatic rings. The van der Waals surface area contributed by atoms with Gasteiger partial charge >= 0.3 is 5.97 Å². The van der Waals surface area contributed by atoms with E-state index in [1.165, 1.54) is 0 Å². The molecule has 3 aromatic heterocycles. The first-order valence-electron chi connectivity index (χ1n) is 15.8. The van der Waals surface area contributed by atoms with Gasteiger partial charge in [0, 0.05) is 41.2 Å². The Morgan fingerprint density at radius 3 is 2.36 bits per heavy atom. The molecule has 6 aromatic rings. The number of rotatable bonds is 7. The highest BCUT2D eigenvalue weighted by Crippen LogP contribution is 2.49. The first-order valence-corrected chi connectivity index (χ1v) is 15.8. The predicted molar refractivity (Wildman–Crippen MR) is 184 cm³/mol. The summed E-state index contributed by atoms with van der Waals surface area (Å²) in [6.45, 7) is 13.1. The van der Waals surface area contributed by atoms with Gasteiger partial charge in [-0.2, -0.15) is 0 Å². The van der Waals surface area contributed by atoms with Crippen LogP contribution in [-0.2, 0) is 16.1 Å². The number of hydrogen-bond donors (Lipinski definition) is 1. The smallest absolute Gasteiger partial charge is 0.337 e. The minimum absolute atomic E-state index is 0.457. The molecule has 0 fully saturated rings. The molecule has 1 atom stereocenters. The van der Waals surface area contributed by atoms with E-state index in [9.17, 15) is 9.90 Å². The molecule has 1 N–H and O–H groups in total. The van der Waals surface area contributed by atoms with Crippen LogP contribution in [0.2, 0.25) is 0 Å². The van der Waals surface area contributed by atoms with Gasteiger partial charge in [0.1, 0.15) is 0 Å². The Morgan fingerprint density at radius 2 is 1.66 bits per heavy atom. The molecule has 0 aliphatic carbocycles. The van der Waals surface area contributed by atoms with Crippen LogP contribution in [0, 0.1) is 20.8 Å². The largest absolute Gasteiger partial charge is 0.479 e. The van der Waals surface area contributed by atoms with Crippen molar-refractivity contribution in [3.8, 4) is 22.8 Å². The molecule has 4 heterocycles. The molecule has 0 radical (unpaired) electrons. The Labute approximate surface area is 273 Å². The van der Waals surface area contributed by atoms with Crippen molar-refractivity contribution in [1.82, 2.24) is 19.5 Å². The molecule has 0 saturated heterocycles. The van der Waals surface area contributed by atoms with E-state index in [2.05, 4.69) is 51.7 Å². The van der Waals surface area contributed by atoms with Gasteiger partial charge in [0.25, 0.3) is 0 Å². The first kappa shape index (κ1) is 30.4. The minimum Gasteiger partial charge on any atom is -0.479 e. The number of pyridine rings is 1. The normalized spacial score (nSPS) is 13.7. The van der Waals surface area contributed by atoms with Crippen LogP contribution in [0.15, 0.2) is 79.1 Å². The summed E-state index contributed by atoms with van der Waals surface area (Å²) in [5, 5.41) is 12.6. The van der Waals surface area contributed by atoms with E-state index < -0.39 is 17.7 Å². The van der Waals surface area contributed by atoms with Gasteiger partial charge in [0.15, 0.2) is 11.9 Å². The summed E-state index contributed by atoms with van der Waals surface area (Å²) in [7, 11) is 0. The van der Waals surface area contributed by atoms with Crippen LogP contribution in [0.5, 0.6) is 11.6 Å². The molecule has 7 rings (SSSR count). The van der Waals surface area contributed by atoms with Gasteiger partial charge in [-0.1, -0.05) is 48.0 Å². The van der Waals surface area contributed by atoms with Crippen LogP contribution >= 0.6 is 0 Å². The van der Waals surface area contributed by atoms with Crippen molar-refractivity contribution >= 4 is 39.4 Å². The van der Waals surface area contributed by atoms with Gasteiger partial charge in [0.05, 0.1) is 34.7 Å². The number of anilines is 2. The Hall–Kier alpha value is -5.28. The maximum atomic E-state index is 13.0. The number of ether oxygens (including phenoxy) is 2. The lowest BCUT2D eigenvalue weighted by Gasteiger charge is -2.35. The third-order valence-corrected chi connectivity index (χ3v) is 8.59. The monoisotopic (exact) mass is 627 g/mol. The lowest BCUT2D eigenvalue weighted by molar-refractivity contribution is -0.160. The maximum absolute atomic E-state index is 13.0. The highest BCUT2D eigenvalue weighted by Gasteiger charge is 2.36. The fraction of sp³-hybridized carbons (Fsp3) is 0.263. The molecule has 0 amide bonds. The van der Waals surface area contributed by atoms with Gasteiger partial charge < -0.3 is 24.0 Å². The second-order valence-electron chi connectivity index (χ2n) is 13.1. The van der Waals surface area contributed by atoms with E-state index in [0.717, 1.165) is 62.0 Å². The summed E-state index contributed by atoms with van der Waals surface area (Å²) >= 11 is 0. The van der Waals surface area contributed by atoms with Crippen molar-refractivity contribution in [3.05, 3.63) is 102 Å². The second kappa shape index (κ2) is 11.5. The highest BCUT2D eigenvalue weighted by atomic mass is 16.5. The number of aliphatic carboxylic acids is 1. The van der Waals surface area contributed by atoms with Crippen LogP contribution < -0.4 is 9.64 Å². The summed E-state index contributed by atoms with van der Waals surface area (Å²) < 4.78 is 14.6. The first-order chi connectivity index (χ1) is 22.5. The molecule has 0 bridgehead atoms. The standard InChI is InChI=1S/C38H37N5O4/c1-22-11-13-26(14-12-22)32-28-19-23(2)42-17-18-43(33(34(28)42)24(3)31(32)35(36(44)45)47-38(4,5)6)37-39-20-27(21-40-37)46-30-16-15-25-9-7-8-10-29(25)41-30/h7-16,19-21,35H,17-18H2,1-6H3,(H,44,45)/t35-/m0/s1. The number of nitrogens with zero attached hydrogens (tertiary/aromatic N) is 5. The van der Waals surface area contributed by atoms with Crippen molar-refractivity contribution in [3.63, 3.8) is 0 Å². The molecule has 0 saturated carbocycles. The topological polar surface area (TPSA) is 103 Å². The number of carboxylic acid groups (broad SMARTS) is 1. The van der Waals surface area contributed by atoms with Crippen molar-refractivity contribution in [2.75, 3.05) is 11.4 Å². The van der Waals surface area contributed by atoms with Crippen LogP contribution in [0.1, 0.15) is 49.3 Å². The quantitative estimate of drug-likeness (QED) is 0.188. The van der Waals surface area contributed by atoms with Crippen molar-refractivity contribution in [2.24, 2.45) is 0 Å². The molecule has 238 valence electrons. The number of para-hydroxylation sites is 1. The number of hydrogen-bond acceptors (Lipinski definition) is 7. The Kier molecular flexibility index (Phi) is 7.44. The summed E-state index contributed by atoms with van der Waals surface area (Å²) in [5.41, 5.74) is 7.52. The summed E-state index contributed by atoms with van der Waals surface area (Å²) in [6, 6.07) is 22.1. The Bertz CT molecular complexity index is 2150. The van der Waals surface area contributed by atoms with E-state index >= 15 is 0 Å². The molecule has 47 heavy (non-hydrogen) atoms. The number of benzene rings is 3. The average Bonchev–Trinajstić information content (AvgIpc) is 3.38. The molecule has 9 heteroatoms. The number of carboxylic acids is 1. The van der Waals surface area contributed by atoms with E-state index in [1.54, 1.807) is 12.4 Å². The lowest BCUT2D eigenvalue weighted by Crippen LogP contribution is -2.32. The van der Waals surface area contributed by atoms with Gasteiger partial charge in [-0.05, 0) is 76.4 Å². The number of fused-ring (bicyclic) bond motifs is 1. The van der Waals surface area contributed by atoms with E-state index in [1.807, 2.05) is 71.0 Å². The predicted octanol–water partition coefficient (Wildman–Crippen LogP) is 8.46. The van der Waals surface area contributed by atoms with Crippen molar-refractivity contribution in [1.29, 1.82) is 0 Å². The van der Waals surface area contributed by atoms with E-state index in [-0.39, 0.29) is 0 Å². The molecule has 1 aliphatic heterocycles. The third kappa shape index (κ3) is 5.57. The molecule has 0 spiro atoms. The van der Waals surface area contributed by atoms with Crippen LogP contribution in [0.3, 0.4) is 0 Å². The van der Waals surface area contributed by atoms with Gasteiger partial charge in [-0.25, -0.2) is 19.7 Å². The third-order valence-electron chi connectivity index (χ3n) is 8.59. The van der Waals surface area contributed by atoms with Gasteiger partial charge in [-0.15, -0.1) is 0 Å². The number of aromatic nitrogens is 4. The Morgan fingerprint density at radius 1 is 0.936 bits per heavy atom. The molecular formula is C38H37N5O4. The molecule has 0 unspecified atom stereocenters. The van der Waals surface area contributed by atoms with E-state index in [0.29, 0.717) is 29.7 Å². The number of carbonyl (C=O) groups is 1. The van der Waals surface area contributed by atoms with Gasteiger partial charge in [0.2, 0.25) is 11.8 Å². The van der Waals surface area contributed by atoms with Crippen LogP contribution in [-0.4, -0.2) is 42.7 Å². The lowest BCUT2D eigenvalue weighted by atomic mass is 9.87. The van der Waals surface area contributed by atoms with Crippen LogP contribution in [0.4, 0.5) is 11.6 Å². The summed E-state index contributed by atoms with van der Waals surface area (Å²) in [5.74, 6) is 0.380. The zero-order valence-electron chi connectivity index (χ0n) is 27.4. The van der Waals surface area contributed by atoms with Crippen molar-refractivity contribution in [2.45, 2.75) is 59.8 Å². The zero-order chi connectivity index (χ0) is 33.0. The second-order valence-corrected chi connectivity index (χ2v) is 13.1. The fourth-order valence-corrected chi connectivity index (χ4v) is 6.56. The highest BCUT2D eigenvalue weighted by molar-refractivity contribution is 6.08. The molecule has 9 nitrogen and oxygen atoms in total. The Balaban J connectivity index is 1.37. The fourth-order valence-electron chi connectivity index (χ4n) is 6.56. The zero-order valence-corrected chi connectivity index (χ0v) is 27.4. The summed E-state index contributed by atoms with van der Waals surface area (Å²) in [6.07, 6.45) is 2.09. The molecular weight excluding hydrogens is 590 g/mol. The minimum atomic E-state index is -1.20. The van der Waals surface area contributed by atoms with Crippen molar-refractivity contribution < 1.29 is 19.4 Å². The average molecular weight is 628 g/mol. The number of aryl methyl sites for hydroxylation is 2. The maximum Gasteiger partial charge on any atom is 0.337 e. The van der Waals surface area contributed by atoms with Crippen LogP contribution in [0.25, 0.3) is 32.9 Å². The molecule has 3 aromatic carbocycles. The van der Waals surface area contributed by atoms with Gasteiger partial charge in [-0.3, -0.25) is 0 Å².